The number of ether oxygens (including phenoxy) is 1. The summed E-state index contributed by atoms with van der Waals surface area (Å²) in [4.78, 5) is 0. The molecule has 0 radical (unpaired) electrons. The van der Waals surface area contributed by atoms with Crippen LogP contribution in [0.1, 0.15) is 57.4 Å². The van der Waals surface area contributed by atoms with Gasteiger partial charge in [-0.3, -0.25) is 0 Å². The van der Waals surface area contributed by atoms with E-state index in [2.05, 4.69) is 0 Å². The lowest BCUT2D eigenvalue weighted by Crippen LogP contribution is -2.30. The molecule has 0 unspecified atom stereocenters. The Bertz CT molecular complexity index is 793. The fourth-order valence-corrected chi connectivity index (χ4v) is 4.09. The van der Waals surface area contributed by atoms with Crippen molar-refractivity contribution in [1.82, 2.24) is 0 Å². The number of hydrogen-bond acceptors (Lipinski definition) is 1. The van der Waals surface area contributed by atoms with Gasteiger partial charge in [0, 0.05) is 17.9 Å². The van der Waals surface area contributed by atoms with Gasteiger partial charge in [0.2, 0.25) is 5.82 Å². The largest absolute Gasteiger partial charge is 0.491 e. The molecule has 0 heterocycles. The van der Waals surface area contributed by atoms with E-state index in [0.29, 0.717) is 18.4 Å². The second kappa shape index (κ2) is 8.54. The zero-order valence-corrected chi connectivity index (χ0v) is 16.3. The lowest BCUT2D eigenvalue weighted by Gasteiger charge is -2.33. The van der Waals surface area contributed by atoms with Crippen LogP contribution >= 0.6 is 0 Å². The molecule has 0 spiro atoms. The van der Waals surface area contributed by atoms with E-state index in [9.17, 15) is 17.6 Å². The summed E-state index contributed by atoms with van der Waals surface area (Å²) in [5.41, 5.74) is 1.82. The predicted octanol–water partition coefficient (Wildman–Crippen LogP) is 7.35. The molecule has 0 aliphatic heterocycles. The highest BCUT2D eigenvalue weighted by Crippen LogP contribution is 2.43. The summed E-state index contributed by atoms with van der Waals surface area (Å²) in [5, 5.41) is 0. The maximum absolute atomic E-state index is 14.4. The van der Waals surface area contributed by atoms with Gasteiger partial charge in [-0.05, 0) is 61.8 Å². The van der Waals surface area contributed by atoms with Gasteiger partial charge in [-0.25, -0.2) is 13.2 Å². The standard InChI is InChI=1S/C23H26F4O/c1-3-23(26,27)18-11-9-16(10-12-18)15-5-7-17(8-6-15)19-13-14-20(28-4-2)22(25)21(19)24/h5-8,13-14,16,18H,3-4,9-12H2,1-2H3. The number of rotatable bonds is 6. The van der Waals surface area contributed by atoms with Gasteiger partial charge in [0.1, 0.15) is 0 Å². The molecule has 1 saturated carbocycles. The van der Waals surface area contributed by atoms with E-state index >= 15 is 0 Å². The topological polar surface area (TPSA) is 9.23 Å². The van der Waals surface area contributed by atoms with Crippen molar-refractivity contribution in [3.8, 4) is 16.9 Å². The number of halogens is 4. The fourth-order valence-electron chi connectivity index (χ4n) is 4.09. The minimum atomic E-state index is -2.58. The Morgan fingerprint density at radius 2 is 1.54 bits per heavy atom. The Hall–Kier alpha value is -2.04. The molecular formula is C23H26F4O. The first-order valence-corrected chi connectivity index (χ1v) is 9.96. The number of benzene rings is 2. The third kappa shape index (κ3) is 4.18. The minimum absolute atomic E-state index is 0.0963. The number of alkyl halides is 2. The molecule has 1 nitrogen and oxygen atoms in total. The maximum Gasteiger partial charge on any atom is 0.250 e. The molecule has 2 aromatic rings. The van der Waals surface area contributed by atoms with Gasteiger partial charge < -0.3 is 4.74 Å². The van der Waals surface area contributed by atoms with E-state index < -0.39 is 23.5 Å². The summed E-state index contributed by atoms with van der Waals surface area (Å²) in [6, 6.07) is 10.3. The third-order valence-electron chi connectivity index (χ3n) is 5.84. The highest BCUT2D eigenvalue weighted by atomic mass is 19.3. The molecule has 5 heteroatoms. The zero-order valence-electron chi connectivity index (χ0n) is 16.3. The highest BCUT2D eigenvalue weighted by molar-refractivity contribution is 5.65. The summed E-state index contributed by atoms with van der Waals surface area (Å²) < 4.78 is 61.3. The van der Waals surface area contributed by atoms with Crippen molar-refractivity contribution in [2.75, 3.05) is 6.61 Å². The maximum atomic E-state index is 14.4. The normalized spacial score (nSPS) is 20.2. The Balaban J connectivity index is 1.72. The van der Waals surface area contributed by atoms with E-state index in [1.54, 1.807) is 19.1 Å². The Morgan fingerprint density at radius 1 is 0.893 bits per heavy atom. The average molecular weight is 394 g/mol. The lowest BCUT2D eigenvalue weighted by molar-refractivity contribution is -0.0749. The van der Waals surface area contributed by atoms with Crippen LogP contribution in [0.4, 0.5) is 17.6 Å². The van der Waals surface area contributed by atoms with Gasteiger partial charge in [-0.15, -0.1) is 0 Å². The van der Waals surface area contributed by atoms with E-state index in [1.165, 1.54) is 19.1 Å². The van der Waals surface area contributed by atoms with Gasteiger partial charge in [0.15, 0.2) is 11.6 Å². The molecule has 1 aliphatic carbocycles. The van der Waals surface area contributed by atoms with Crippen molar-refractivity contribution in [2.24, 2.45) is 5.92 Å². The summed E-state index contributed by atoms with van der Waals surface area (Å²) >= 11 is 0. The second-order valence-electron chi connectivity index (χ2n) is 7.46. The smallest absolute Gasteiger partial charge is 0.250 e. The van der Waals surface area contributed by atoms with Crippen LogP contribution in [0, 0.1) is 17.6 Å². The highest BCUT2D eigenvalue weighted by Gasteiger charge is 2.39. The second-order valence-corrected chi connectivity index (χ2v) is 7.46. The van der Waals surface area contributed by atoms with Crippen molar-refractivity contribution in [1.29, 1.82) is 0 Å². The molecule has 152 valence electrons. The number of hydrogen-bond donors (Lipinski definition) is 0. The molecule has 2 aromatic carbocycles. The molecule has 0 atom stereocenters. The Morgan fingerprint density at radius 3 is 2.11 bits per heavy atom. The van der Waals surface area contributed by atoms with E-state index in [1.807, 2.05) is 12.1 Å². The molecule has 3 rings (SSSR count). The van der Waals surface area contributed by atoms with E-state index in [-0.39, 0.29) is 30.3 Å². The zero-order chi connectivity index (χ0) is 20.3. The van der Waals surface area contributed by atoms with Crippen LogP contribution in [0.25, 0.3) is 11.1 Å². The fraction of sp³-hybridized carbons (Fsp3) is 0.478. The summed E-state index contributed by atoms with van der Waals surface area (Å²) in [7, 11) is 0. The van der Waals surface area contributed by atoms with E-state index in [0.717, 1.165) is 18.4 Å². The Kier molecular flexibility index (Phi) is 6.31. The van der Waals surface area contributed by atoms with Gasteiger partial charge in [-0.2, -0.15) is 4.39 Å². The Labute approximate surface area is 163 Å². The first-order chi connectivity index (χ1) is 13.4. The molecule has 0 N–H and O–H groups in total. The summed E-state index contributed by atoms with van der Waals surface area (Å²) in [6.45, 7) is 3.51. The van der Waals surface area contributed by atoms with Crippen molar-refractivity contribution >= 4 is 0 Å². The quantitative estimate of drug-likeness (QED) is 0.465. The van der Waals surface area contributed by atoms with Crippen molar-refractivity contribution in [3.63, 3.8) is 0 Å². The van der Waals surface area contributed by atoms with Crippen molar-refractivity contribution in [3.05, 3.63) is 53.6 Å². The molecule has 0 amide bonds. The average Bonchev–Trinajstić information content (AvgIpc) is 2.72. The molecule has 28 heavy (non-hydrogen) atoms. The molecule has 1 fully saturated rings. The first kappa shape index (κ1) is 20.7. The van der Waals surface area contributed by atoms with Crippen LogP contribution in [0.3, 0.4) is 0 Å². The SMILES string of the molecule is CCOc1ccc(-c2ccc(C3CCC(C(F)(F)CC)CC3)cc2)c(F)c1F. The molecule has 1 aliphatic rings. The van der Waals surface area contributed by atoms with Gasteiger partial charge in [0.05, 0.1) is 6.61 Å². The summed E-state index contributed by atoms with van der Waals surface area (Å²) in [6.07, 6.45) is 2.39. The molecule has 0 aromatic heterocycles. The van der Waals surface area contributed by atoms with Gasteiger partial charge in [0.25, 0.3) is 5.92 Å². The van der Waals surface area contributed by atoms with E-state index in [4.69, 9.17) is 4.74 Å². The third-order valence-corrected chi connectivity index (χ3v) is 5.84. The lowest BCUT2D eigenvalue weighted by atomic mass is 9.76. The molecule has 0 saturated heterocycles. The van der Waals surface area contributed by atoms with Crippen molar-refractivity contribution in [2.45, 2.75) is 57.8 Å². The van der Waals surface area contributed by atoms with Crippen LogP contribution in [0.2, 0.25) is 0 Å². The van der Waals surface area contributed by atoms with Crippen LogP contribution in [-0.4, -0.2) is 12.5 Å². The van der Waals surface area contributed by atoms with Crippen LogP contribution in [0.5, 0.6) is 5.75 Å². The van der Waals surface area contributed by atoms with Crippen LogP contribution in [0.15, 0.2) is 36.4 Å². The van der Waals surface area contributed by atoms with Crippen LogP contribution in [-0.2, 0) is 0 Å². The van der Waals surface area contributed by atoms with Crippen LogP contribution < -0.4 is 4.74 Å². The summed E-state index contributed by atoms with van der Waals surface area (Å²) in [5.74, 6) is -4.89. The molecular weight excluding hydrogens is 368 g/mol. The van der Waals surface area contributed by atoms with Gasteiger partial charge in [-0.1, -0.05) is 31.2 Å². The minimum Gasteiger partial charge on any atom is -0.491 e. The van der Waals surface area contributed by atoms with Crippen molar-refractivity contribution < 1.29 is 22.3 Å². The first-order valence-electron chi connectivity index (χ1n) is 9.96. The van der Waals surface area contributed by atoms with Gasteiger partial charge >= 0.3 is 0 Å². The monoisotopic (exact) mass is 394 g/mol. The predicted molar refractivity (Wildman–Crippen MR) is 103 cm³/mol. The molecule has 0 bridgehead atoms.